The highest BCUT2D eigenvalue weighted by Gasteiger charge is 2.19. The van der Waals surface area contributed by atoms with Crippen molar-refractivity contribution in [1.29, 1.82) is 0 Å². The molecule has 0 fully saturated rings. The molecule has 4 aromatic rings. The lowest BCUT2D eigenvalue weighted by molar-refractivity contribution is -0.665. The Morgan fingerprint density at radius 3 is 2.32 bits per heavy atom. The van der Waals surface area contributed by atoms with Crippen molar-refractivity contribution in [3.05, 3.63) is 90.1 Å². The summed E-state index contributed by atoms with van der Waals surface area (Å²) in [6.07, 6.45) is 0. The number of hydrogen-bond donors (Lipinski definition) is 0. The van der Waals surface area contributed by atoms with Gasteiger partial charge in [0, 0.05) is 13.0 Å². The van der Waals surface area contributed by atoms with Crippen molar-refractivity contribution in [3.63, 3.8) is 0 Å². The lowest BCUT2D eigenvalue weighted by Gasteiger charge is -2.12. The molecule has 0 atom stereocenters. The quantitative estimate of drug-likeness (QED) is 0.421. The van der Waals surface area contributed by atoms with Crippen LogP contribution < -0.4 is 4.57 Å². The Morgan fingerprint density at radius 1 is 0.800 bits per heavy atom. The van der Waals surface area contributed by atoms with Crippen molar-refractivity contribution < 1.29 is 5.94 Å². The molecule has 1 heterocycles. The molecular formula is C24H22N+. The zero-order valence-corrected chi connectivity index (χ0v) is 14.9. The van der Waals surface area contributed by atoms with Gasteiger partial charge in [0.15, 0.2) is 5.69 Å². The molecule has 0 saturated carbocycles. The maximum Gasteiger partial charge on any atom is 0.220 e. The van der Waals surface area contributed by atoms with Crippen molar-refractivity contribution >= 4 is 10.8 Å². The fourth-order valence-electron chi connectivity index (χ4n) is 3.44. The first kappa shape index (κ1) is 14.4. The van der Waals surface area contributed by atoms with E-state index < -0.39 is 0 Å². The molecule has 3 aromatic carbocycles. The van der Waals surface area contributed by atoms with Crippen LogP contribution in [0.2, 0.25) is 0 Å². The summed E-state index contributed by atoms with van der Waals surface area (Å²) in [4.78, 5) is 0. The van der Waals surface area contributed by atoms with Crippen LogP contribution in [0.25, 0.3) is 33.2 Å². The van der Waals surface area contributed by atoms with Crippen molar-refractivity contribution in [2.24, 2.45) is 7.05 Å². The van der Waals surface area contributed by atoms with E-state index in [1.54, 1.807) is 0 Å². The molecule has 4 rings (SSSR count). The number of pyridine rings is 1. The molecule has 0 radical (unpaired) electrons. The number of fused-ring (bicyclic) bond motifs is 1. The third-order valence-corrected chi connectivity index (χ3v) is 4.94. The molecule has 1 heteroatoms. The van der Waals surface area contributed by atoms with Crippen LogP contribution in [0.3, 0.4) is 0 Å². The summed E-state index contributed by atoms with van der Waals surface area (Å²) in [6, 6.07) is 26.0. The van der Waals surface area contributed by atoms with Gasteiger partial charge in [0.05, 0.1) is 12.3 Å². The molecule has 0 amide bonds. The van der Waals surface area contributed by atoms with E-state index in [9.17, 15) is 0 Å². The third kappa shape index (κ3) is 2.72. The molecule has 0 aliphatic carbocycles. The average Bonchev–Trinajstić information content (AvgIpc) is 2.68. The van der Waals surface area contributed by atoms with Crippen LogP contribution in [0.15, 0.2) is 78.8 Å². The summed E-state index contributed by atoms with van der Waals surface area (Å²) in [5.41, 5.74) is 7.03. The minimum Gasteiger partial charge on any atom is -0.198 e. The molecule has 0 saturated heterocycles. The van der Waals surface area contributed by atoms with Gasteiger partial charge in [-0.2, -0.15) is 4.57 Å². The van der Waals surface area contributed by atoms with Gasteiger partial charge in [0.25, 0.3) is 0 Å². The first-order chi connectivity index (χ1) is 12.6. The van der Waals surface area contributed by atoms with Gasteiger partial charge in [-0.25, -0.2) is 0 Å². The fraction of sp³-hybridized carbons (Fsp3) is 0.125. The highest BCUT2D eigenvalue weighted by molar-refractivity contribution is 5.94. The average molecular weight is 325 g/mol. The van der Waals surface area contributed by atoms with Gasteiger partial charge in [-0.15, -0.1) is 0 Å². The van der Waals surface area contributed by atoms with Gasteiger partial charge in [0.1, 0.15) is 7.05 Å². The second-order valence-corrected chi connectivity index (χ2v) is 6.56. The minimum atomic E-state index is 0.601. The zero-order chi connectivity index (χ0) is 18.3. The standard InChI is InChI=1S/C24H22N/c1-17-13-14-20(19-9-5-4-6-10-19)16-23(17)24-22-12-8-7-11-21(22)15-18(2)25(24)3/h4-16H,1-3H3/q+1/i15D. The molecule has 0 unspecified atom stereocenters. The first-order valence-electron chi connectivity index (χ1n) is 9.12. The lowest BCUT2D eigenvalue weighted by atomic mass is 9.95. The number of aryl methyl sites for hydroxylation is 1. The SMILES string of the molecule is [2H]c1c(C)[n+](C)c(-c2cc(-c3ccccc3)ccc2C)c2ccccc12. The van der Waals surface area contributed by atoms with Gasteiger partial charge < -0.3 is 0 Å². The predicted molar refractivity (Wildman–Crippen MR) is 105 cm³/mol. The van der Waals surface area contributed by atoms with Crippen LogP contribution in [0.4, 0.5) is 0 Å². The highest BCUT2D eigenvalue weighted by atomic mass is 14.9. The summed E-state index contributed by atoms with van der Waals surface area (Å²) < 4.78 is 10.7. The van der Waals surface area contributed by atoms with E-state index in [2.05, 4.69) is 73.1 Å². The molecule has 122 valence electrons. The van der Waals surface area contributed by atoms with Crippen molar-refractivity contribution in [2.75, 3.05) is 0 Å². The Hall–Kier alpha value is -2.93. The van der Waals surface area contributed by atoms with Crippen LogP contribution in [-0.4, -0.2) is 0 Å². The van der Waals surface area contributed by atoms with Crippen LogP contribution in [0.5, 0.6) is 0 Å². The maximum absolute atomic E-state index is 8.50. The highest BCUT2D eigenvalue weighted by Crippen LogP contribution is 2.32. The Morgan fingerprint density at radius 2 is 1.52 bits per heavy atom. The largest absolute Gasteiger partial charge is 0.220 e. The second kappa shape index (κ2) is 6.18. The van der Waals surface area contributed by atoms with Crippen LogP contribution in [-0.2, 0) is 7.05 Å². The van der Waals surface area contributed by atoms with Crippen molar-refractivity contribution in [1.82, 2.24) is 0 Å². The monoisotopic (exact) mass is 325 g/mol. The van der Waals surface area contributed by atoms with Gasteiger partial charge >= 0.3 is 0 Å². The van der Waals surface area contributed by atoms with E-state index >= 15 is 0 Å². The van der Waals surface area contributed by atoms with Gasteiger partial charge in [-0.1, -0.05) is 60.7 Å². The summed E-state index contributed by atoms with van der Waals surface area (Å²) in [7, 11) is 2.06. The molecule has 0 N–H and O–H groups in total. The zero-order valence-electron chi connectivity index (χ0n) is 15.9. The summed E-state index contributed by atoms with van der Waals surface area (Å²) in [5, 5.41) is 2.13. The second-order valence-electron chi connectivity index (χ2n) is 6.56. The molecule has 1 aromatic heterocycles. The molecule has 0 spiro atoms. The van der Waals surface area contributed by atoms with E-state index in [0.717, 1.165) is 16.5 Å². The number of nitrogens with zero attached hydrogens (tertiary/aromatic N) is 1. The Labute approximate surface area is 150 Å². The lowest BCUT2D eigenvalue weighted by Crippen LogP contribution is -2.35. The summed E-state index contributed by atoms with van der Waals surface area (Å²) >= 11 is 0. The van der Waals surface area contributed by atoms with E-state index in [1.165, 1.54) is 27.9 Å². The van der Waals surface area contributed by atoms with E-state index in [4.69, 9.17) is 1.37 Å². The molecule has 0 aliphatic rings. The number of rotatable bonds is 2. The Bertz CT molecular complexity index is 1110. The summed E-state index contributed by atoms with van der Waals surface area (Å²) in [6.45, 7) is 4.18. The normalized spacial score (nSPS) is 11.6. The van der Waals surface area contributed by atoms with Crippen LogP contribution >= 0.6 is 0 Å². The van der Waals surface area contributed by atoms with Gasteiger partial charge in [-0.3, -0.25) is 0 Å². The van der Waals surface area contributed by atoms with Crippen LogP contribution in [0, 0.1) is 13.8 Å². The summed E-state index contributed by atoms with van der Waals surface area (Å²) in [5.74, 6) is 0. The van der Waals surface area contributed by atoms with E-state index in [-0.39, 0.29) is 0 Å². The topological polar surface area (TPSA) is 3.88 Å². The van der Waals surface area contributed by atoms with Crippen LogP contribution in [0.1, 0.15) is 12.6 Å². The minimum absolute atomic E-state index is 0.601. The van der Waals surface area contributed by atoms with Gasteiger partial charge in [0.2, 0.25) is 5.69 Å². The molecule has 1 nitrogen and oxygen atoms in total. The van der Waals surface area contributed by atoms with E-state index in [1.807, 2.05) is 25.1 Å². The maximum atomic E-state index is 8.50. The molecule has 25 heavy (non-hydrogen) atoms. The molecule has 0 aliphatic heterocycles. The number of hydrogen-bond acceptors (Lipinski definition) is 0. The Balaban J connectivity index is 2.05. The third-order valence-electron chi connectivity index (χ3n) is 4.94. The number of benzene rings is 3. The number of aromatic nitrogens is 1. The molecular weight excluding hydrogens is 302 g/mol. The first-order valence-corrected chi connectivity index (χ1v) is 8.62. The fourth-order valence-corrected chi connectivity index (χ4v) is 3.44. The van der Waals surface area contributed by atoms with E-state index in [0.29, 0.717) is 6.04 Å². The van der Waals surface area contributed by atoms with Crippen molar-refractivity contribution in [3.8, 4) is 22.4 Å². The Kier molecular flexibility index (Phi) is 3.56. The smallest absolute Gasteiger partial charge is 0.198 e. The molecule has 0 bridgehead atoms. The van der Waals surface area contributed by atoms with Gasteiger partial charge in [-0.05, 0) is 41.1 Å². The van der Waals surface area contributed by atoms with Crippen molar-refractivity contribution in [2.45, 2.75) is 13.8 Å². The predicted octanol–water partition coefficient (Wildman–Crippen LogP) is 5.62.